The molecule has 24 heavy (non-hydrogen) atoms. The molecule has 6 heteroatoms. The lowest BCUT2D eigenvalue weighted by molar-refractivity contribution is -0.132. The van der Waals surface area contributed by atoms with Crippen LogP contribution in [0.25, 0.3) is 0 Å². The van der Waals surface area contributed by atoms with Gasteiger partial charge >= 0.3 is 0 Å². The van der Waals surface area contributed by atoms with Crippen LogP contribution in [0.5, 0.6) is 0 Å². The molecule has 1 saturated carbocycles. The lowest BCUT2D eigenvalue weighted by Crippen LogP contribution is -2.31. The molecule has 2 aromatic heterocycles. The quantitative estimate of drug-likeness (QED) is 0.816. The van der Waals surface area contributed by atoms with Crippen molar-refractivity contribution in [3.8, 4) is 0 Å². The topological polar surface area (TPSA) is 72.1 Å². The number of aromatic nitrogens is 3. The predicted molar refractivity (Wildman–Crippen MR) is 87.1 cm³/mol. The first-order valence-electron chi connectivity index (χ1n) is 8.84. The standard InChI is InChI=1S/C18H22N4O2/c23-16(8-3-6-14-5-1-2-11-19-14)22-12-4-7-15(22)17-20-18(24-21-17)13-9-10-13/h1-2,5,11,13,15H,3-4,6-10,12H2/t15-/m1/s1. The summed E-state index contributed by atoms with van der Waals surface area (Å²) in [6.45, 7) is 0.792. The average Bonchev–Trinajstić information content (AvgIpc) is 3.14. The van der Waals surface area contributed by atoms with Crippen LogP contribution < -0.4 is 0 Å². The summed E-state index contributed by atoms with van der Waals surface area (Å²) < 4.78 is 5.36. The van der Waals surface area contributed by atoms with Crippen molar-refractivity contribution in [1.29, 1.82) is 0 Å². The Balaban J connectivity index is 1.34. The molecule has 6 nitrogen and oxygen atoms in total. The largest absolute Gasteiger partial charge is 0.339 e. The van der Waals surface area contributed by atoms with Gasteiger partial charge in [0.15, 0.2) is 5.82 Å². The van der Waals surface area contributed by atoms with Gasteiger partial charge in [-0.1, -0.05) is 11.2 Å². The second-order valence-corrected chi connectivity index (χ2v) is 6.68. The third-order valence-corrected chi connectivity index (χ3v) is 4.80. The number of hydrogen-bond acceptors (Lipinski definition) is 5. The van der Waals surface area contributed by atoms with Crippen molar-refractivity contribution in [3.05, 3.63) is 41.8 Å². The van der Waals surface area contributed by atoms with Crippen LogP contribution in [0.4, 0.5) is 0 Å². The van der Waals surface area contributed by atoms with Crippen LogP contribution in [0.3, 0.4) is 0 Å². The molecule has 1 saturated heterocycles. The maximum atomic E-state index is 12.6. The third-order valence-electron chi connectivity index (χ3n) is 4.80. The minimum Gasteiger partial charge on any atom is -0.339 e. The number of carbonyl (C=O) groups is 1. The SMILES string of the molecule is O=C(CCCc1ccccn1)N1CCC[C@@H]1c1noc(C2CC2)n1. The zero-order valence-corrected chi connectivity index (χ0v) is 13.7. The number of aryl methyl sites for hydroxylation is 1. The van der Waals surface area contributed by atoms with Crippen molar-refractivity contribution in [2.45, 2.75) is 56.9 Å². The summed E-state index contributed by atoms with van der Waals surface area (Å²) in [5.74, 6) is 2.08. The van der Waals surface area contributed by atoms with Crippen LogP contribution in [0, 0.1) is 0 Å². The molecule has 0 radical (unpaired) electrons. The summed E-state index contributed by atoms with van der Waals surface area (Å²) in [5.41, 5.74) is 1.04. The van der Waals surface area contributed by atoms with E-state index in [1.807, 2.05) is 23.1 Å². The summed E-state index contributed by atoms with van der Waals surface area (Å²) in [7, 11) is 0. The molecular formula is C18H22N4O2. The minimum absolute atomic E-state index is 0.0106. The molecule has 1 aliphatic carbocycles. The highest BCUT2D eigenvalue weighted by Gasteiger charge is 2.35. The van der Waals surface area contributed by atoms with Crippen molar-refractivity contribution in [2.24, 2.45) is 0 Å². The molecule has 4 rings (SSSR count). The second-order valence-electron chi connectivity index (χ2n) is 6.68. The molecule has 2 aliphatic rings. The summed E-state index contributed by atoms with van der Waals surface area (Å²) in [6.07, 6.45) is 8.20. The Labute approximate surface area is 141 Å². The van der Waals surface area contributed by atoms with Gasteiger partial charge in [-0.2, -0.15) is 4.98 Å². The van der Waals surface area contributed by atoms with E-state index in [1.165, 1.54) is 0 Å². The van der Waals surface area contributed by atoms with Crippen LogP contribution in [0.2, 0.25) is 0 Å². The lowest BCUT2D eigenvalue weighted by atomic mass is 10.1. The number of hydrogen-bond donors (Lipinski definition) is 0. The van der Waals surface area contributed by atoms with Crippen molar-refractivity contribution in [2.75, 3.05) is 6.54 Å². The molecule has 0 bridgehead atoms. The van der Waals surface area contributed by atoms with E-state index >= 15 is 0 Å². The molecule has 3 heterocycles. The van der Waals surface area contributed by atoms with E-state index in [2.05, 4.69) is 15.1 Å². The molecule has 2 aromatic rings. The molecule has 0 aromatic carbocycles. The molecule has 1 amide bonds. The van der Waals surface area contributed by atoms with E-state index < -0.39 is 0 Å². The van der Waals surface area contributed by atoms with Gasteiger partial charge in [0.25, 0.3) is 0 Å². The van der Waals surface area contributed by atoms with E-state index in [1.54, 1.807) is 6.20 Å². The first kappa shape index (κ1) is 15.3. The van der Waals surface area contributed by atoms with Gasteiger partial charge in [0.1, 0.15) is 0 Å². The summed E-state index contributed by atoms with van der Waals surface area (Å²) in [4.78, 5) is 23.4. The van der Waals surface area contributed by atoms with E-state index in [-0.39, 0.29) is 11.9 Å². The van der Waals surface area contributed by atoms with Gasteiger partial charge in [-0.05, 0) is 50.7 Å². The molecule has 0 unspecified atom stereocenters. The third kappa shape index (κ3) is 3.32. The van der Waals surface area contributed by atoms with Gasteiger partial charge in [-0.15, -0.1) is 0 Å². The van der Waals surface area contributed by atoms with Crippen molar-refractivity contribution >= 4 is 5.91 Å². The molecule has 1 aliphatic heterocycles. The minimum atomic E-state index is -0.0106. The zero-order valence-electron chi connectivity index (χ0n) is 13.7. The predicted octanol–water partition coefficient (Wildman–Crippen LogP) is 3.03. The highest BCUT2D eigenvalue weighted by atomic mass is 16.5. The molecule has 0 spiro atoms. The first-order valence-corrected chi connectivity index (χ1v) is 8.84. The van der Waals surface area contributed by atoms with E-state index in [4.69, 9.17) is 4.52 Å². The van der Waals surface area contributed by atoms with Crippen molar-refractivity contribution in [1.82, 2.24) is 20.0 Å². The lowest BCUT2D eigenvalue weighted by Gasteiger charge is -2.22. The Hall–Kier alpha value is -2.24. The Morgan fingerprint density at radius 1 is 1.29 bits per heavy atom. The molecule has 126 valence electrons. The van der Waals surface area contributed by atoms with Crippen LogP contribution in [-0.4, -0.2) is 32.5 Å². The van der Waals surface area contributed by atoms with Gasteiger partial charge in [-0.3, -0.25) is 9.78 Å². The number of amides is 1. The normalized spacial score (nSPS) is 20.5. The first-order chi connectivity index (χ1) is 11.8. The Bertz CT molecular complexity index is 696. The van der Waals surface area contributed by atoms with Crippen LogP contribution >= 0.6 is 0 Å². The fraction of sp³-hybridized carbons (Fsp3) is 0.556. The summed E-state index contributed by atoms with van der Waals surface area (Å²) in [6, 6.07) is 5.88. The number of carbonyl (C=O) groups excluding carboxylic acids is 1. The van der Waals surface area contributed by atoms with Crippen molar-refractivity contribution < 1.29 is 9.32 Å². The van der Waals surface area contributed by atoms with Gasteiger partial charge in [0.2, 0.25) is 11.8 Å². The summed E-state index contributed by atoms with van der Waals surface area (Å²) >= 11 is 0. The van der Waals surface area contributed by atoms with Gasteiger partial charge in [-0.25, -0.2) is 0 Å². The van der Waals surface area contributed by atoms with Crippen LogP contribution in [-0.2, 0) is 11.2 Å². The molecule has 1 atom stereocenters. The Morgan fingerprint density at radius 3 is 3.00 bits per heavy atom. The second kappa shape index (κ2) is 6.71. The van der Waals surface area contributed by atoms with E-state index in [9.17, 15) is 4.79 Å². The highest BCUT2D eigenvalue weighted by molar-refractivity contribution is 5.76. The Kier molecular flexibility index (Phi) is 4.28. The zero-order chi connectivity index (χ0) is 16.4. The number of rotatable bonds is 6. The number of likely N-dealkylation sites (tertiary alicyclic amines) is 1. The summed E-state index contributed by atoms with van der Waals surface area (Å²) in [5, 5.41) is 4.13. The van der Waals surface area contributed by atoms with Crippen LogP contribution in [0.1, 0.15) is 67.9 Å². The van der Waals surface area contributed by atoms with Gasteiger partial charge < -0.3 is 9.42 Å². The highest BCUT2D eigenvalue weighted by Crippen LogP contribution is 2.40. The van der Waals surface area contributed by atoms with E-state index in [0.29, 0.717) is 18.2 Å². The molecule has 2 fully saturated rings. The maximum Gasteiger partial charge on any atom is 0.229 e. The monoisotopic (exact) mass is 326 g/mol. The van der Waals surface area contributed by atoms with Crippen LogP contribution in [0.15, 0.2) is 28.9 Å². The van der Waals surface area contributed by atoms with Crippen molar-refractivity contribution in [3.63, 3.8) is 0 Å². The fourth-order valence-corrected chi connectivity index (χ4v) is 3.32. The molecular weight excluding hydrogens is 304 g/mol. The van der Waals surface area contributed by atoms with Gasteiger partial charge in [0.05, 0.1) is 6.04 Å². The molecule has 0 N–H and O–H groups in total. The number of nitrogens with zero attached hydrogens (tertiary/aromatic N) is 4. The van der Waals surface area contributed by atoms with Gasteiger partial charge in [0, 0.05) is 30.8 Å². The fourth-order valence-electron chi connectivity index (χ4n) is 3.32. The Morgan fingerprint density at radius 2 is 2.21 bits per heavy atom. The number of pyridine rings is 1. The smallest absolute Gasteiger partial charge is 0.229 e. The average molecular weight is 326 g/mol. The van der Waals surface area contributed by atoms with E-state index in [0.717, 1.165) is 56.7 Å². The maximum absolute atomic E-state index is 12.6.